The van der Waals surface area contributed by atoms with E-state index < -0.39 is 11.5 Å². The zero-order chi connectivity index (χ0) is 14.9. The molecule has 6 heteroatoms. The van der Waals surface area contributed by atoms with Gasteiger partial charge in [0.2, 0.25) is 0 Å². The van der Waals surface area contributed by atoms with Crippen LogP contribution in [0.15, 0.2) is 16.7 Å². The van der Waals surface area contributed by atoms with E-state index >= 15 is 0 Å². The highest BCUT2D eigenvalue weighted by Crippen LogP contribution is 2.26. The van der Waals surface area contributed by atoms with Crippen LogP contribution >= 0.6 is 0 Å². The van der Waals surface area contributed by atoms with Crippen molar-refractivity contribution in [3.63, 3.8) is 0 Å². The second-order valence-electron chi connectivity index (χ2n) is 5.58. The number of carbonyl (C=O) groups is 2. The average Bonchev–Trinajstić information content (AvgIpc) is 2.87. The number of hydrogen-bond donors (Lipinski definition) is 2. The van der Waals surface area contributed by atoms with Crippen molar-refractivity contribution in [2.24, 2.45) is 5.73 Å². The molecule has 1 aliphatic heterocycles. The number of aliphatic hydroxyl groups is 1. The SMILES string of the molecule is CC(C)c1occc1C(=O)N1CCC[C@@](O)(C(N)=O)C1. The molecule has 2 amide bonds. The first-order chi connectivity index (χ1) is 9.35. The van der Waals surface area contributed by atoms with Crippen molar-refractivity contribution in [1.82, 2.24) is 4.90 Å². The van der Waals surface area contributed by atoms with Gasteiger partial charge in [-0.15, -0.1) is 0 Å². The van der Waals surface area contributed by atoms with Gasteiger partial charge in [0.15, 0.2) is 5.60 Å². The predicted octanol–water partition coefficient (Wildman–Crippen LogP) is 0.855. The first-order valence-electron chi connectivity index (χ1n) is 6.74. The van der Waals surface area contributed by atoms with E-state index in [-0.39, 0.29) is 24.8 Å². The second-order valence-corrected chi connectivity index (χ2v) is 5.58. The summed E-state index contributed by atoms with van der Waals surface area (Å²) in [5.74, 6) is -0.319. The van der Waals surface area contributed by atoms with Crippen molar-refractivity contribution in [2.75, 3.05) is 13.1 Å². The van der Waals surface area contributed by atoms with Gasteiger partial charge in [-0.1, -0.05) is 13.8 Å². The third-order valence-electron chi connectivity index (χ3n) is 3.67. The van der Waals surface area contributed by atoms with Gasteiger partial charge in [-0.3, -0.25) is 9.59 Å². The Morgan fingerprint density at radius 1 is 1.50 bits per heavy atom. The lowest BCUT2D eigenvalue weighted by Crippen LogP contribution is -2.57. The highest BCUT2D eigenvalue weighted by atomic mass is 16.3. The Kier molecular flexibility index (Phi) is 3.85. The lowest BCUT2D eigenvalue weighted by Gasteiger charge is -2.37. The van der Waals surface area contributed by atoms with E-state index in [2.05, 4.69) is 0 Å². The smallest absolute Gasteiger partial charge is 0.257 e. The van der Waals surface area contributed by atoms with Crippen LogP contribution in [0.1, 0.15) is 48.7 Å². The number of β-amino-alcohol motifs (C(OH)–C–C–N with tert-alkyl or cyclic N) is 1. The number of primary amides is 1. The molecule has 20 heavy (non-hydrogen) atoms. The summed E-state index contributed by atoms with van der Waals surface area (Å²) >= 11 is 0. The van der Waals surface area contributed by atoms with E-state index in [0.717, 1.165) is 0 Å². The number of carbonyl (C=O) groups excluding carboxylic acids is 2. The minimum atomic E-state index is -1.63. The van der Waals surface area contributed by atoms with Gasteiger partial charge in [-0.25, -0.2) is 0 Å². The van der Waals surface area contributed by atoms with E-state index in [1.54, 1.807) is 6.07 Å². The molecule has 0 spiro atoms. The Hall–Kier alpha value is -1.82. The molecule has 0 saturated carbocycles. The van der Waals surface area contributed by atoms with Crippen molar-refractivity contribution in [3.8, 4) is 0 Å². The summed E-state index contributed by atoms with van der Waals surface area (Å²) in [7, 11) is 0. The zero-order valence-electron chi connectivity index (χ0n) is 11.8. The van der Waals surface area contributed by atoms with Crippen LogP contribution in [0.25, 0.3) is 0 Å². The molecule has 0 aliphatic carbocycles. The molecule has 1 fully saturated rings. The third kappa shape index (κ3) is 2.56. The van der Waals surface area contributed by atoms with Gasteiger partial charge in [0.1, 0.15) is 5.76 Å². The Morgan fingerprint density at radius 3 is 2.80 bits per heavy atom. The topological polar surface area (TPSA) is 96.8 Å². The Balaban J connectivity index is 2.21. The van der Waals surface area contributed by atoms with Crippen molar-refractivity contribution in [1.29, 1.82) is 0 Å². The summed E-state index contributed by atoms with van der Waals surface area (Å²) in [6.45, 7) is 4.30. The number of hydrogen-bond acceptors (Lipinski definition) is 4. The average molecular weight is 280 g/mol. The number of rotatable bonds is 3. The first-order valence-corrected chi connectivity index (χ1v) is 6.74. The lowest BCUT2D eigenvalue weighted by molar-refractivity contribution is -0.140. The fourth-order valence-electron chi connectivity index (χ4n) is 2.53. The molecule has 1 aliphatic rings. The fraction of sp³-hybridized carbons (Fsp3) is 0.571. The predicted molar refractivity (Wildman–Crippen MR) is 72.1 cm³/mol. The highest BCUT2D eigenvalue weighted by molar-refractivity contribution is 5.96. The summed E-state index contributed by atoms with van der Waals surface area (Å²) in [6, 6.07) is 1.62. The summed E-state index contributed by atoms with van der Waals surface area (Å²) in [5, 5.41) is 10.2. The van der Waals surface area contributed by atoms with Crippen molar-refractivity contribution in [3.05, 3.63) is 23.7 Å². The monoisotopic (exact) mass is 280 g/mol. The molecular formula is C14H20N2O4. The molecule has 2 heterocycles. The van der Waals surface area contributed by atoms with E-state index in [4.69, 9.17) is 10.2 Å². The Bertz CT molecular complexity index is 523. The minimum absolute atomic E-state index is 0.0656. The second kappa shape index (κ2) is 5.28. The van der Waals surface area contributed by atoms with Crippen LogP contribution in [-0.4, -0.2) is 40.5 Å². The van der Waals surface area contributed by atoms with Crippen LogP contribution in [0.3, 0.4) is 0 Å². The molecule has 0 bridgehead atoms. The maximum absolute atomic E-state index is 12.5. The maximum Gasteiger partial charge on any atom is 0.257 e. The van der Waals surface area contributed by atoms with E-state index in [1.165, 1.54) is 11.2 Å². The number of nitrogens with zero attached hydrogens (tertiary/aromatic N) is 1. The number of nitrogens with two attached hydrogens (primary N) is 1. The van der Waals surface area contributed by atoms with Gasteiger partial charge < -0.3 is 20.2 Å². The summed E-state index contributed by atoms with van der Waals surface area (Å²) in [4.78, 5) is 25.3. The molecule has 1 atom stereocenters. The first kappa shape index (κ1) is 14.6. The Labute approximate surface area is 117 Å². The maximum atomic E-state index is 12.5. The molecule has 0 unspecified atom stereocenters. The normalized spacial score (nSPS) is 23.1. The molecule has 3 N–H and O–H groups in total. The van der Waals surface area contributed by atoms with Crippen LogP contribution in [-0.2, 0) is 4.79 Å². The van der Waals surface area contributed by atoms with Gasteiger partial charge in [0.25, 0.3) is 11.8 Å². The molecule has 0 radical (unpaired) electrons. The molecule has 1 aromatic heterocycles. The summed E-state index contributed by atoms with van der Waals surface area (Å²) < 4.78 is 5.34. The quantitative estimate of drug-likeness (QED) is 0.858. The zero-order valence-corrected chi connectivity index (χ0v) is 11.8. The van der Waals surface area contributed by atoms with Gasteiger partial charge in [-0.2, -0.15) is 0 Å². The number of amides is 2. The molecule has 0 aromatic carbocycles. The molecule has 110 valence electrons. The standard InChI is InChI=1S/C14H20N2O4/c1-9(2)11-10(4-7-20-11)12(17)16-6-3-5-14(19,8-16)13(15)18/h4,7,9,19H,3,5-6,8H2,1-2H3,(H2,15,18)/t14-/m0/s1. The molecule has 1 aromatic rings. The number of piperidine rings is 1. The van der Waals surface area contributed by atoms with Crippen molar-refractivity contribution >= 4 is 11.8 Å². The summed E-state index contributed by atoms with van der Waals surface area (Å²) in [6.07, 6.45) is 2.31. The molecule has 2 rings (SSSR count). The van der Waals surface area contributed by atoms with E-state index in [9.17, 15) is 14.7 Å². The van der Waals surface area contributed by atoms with Crippen LogP contribution < -0.4 is 5.73 Å². The third-order valence-corrected chi connectivity index (χ3v) is 3.67. The highest BCUT2D eigenvalue weighted by Gasteiger charge is 2.40. The van der Waals surface area contributed by atoms with Gasteiger partial charge in [0, 0.05) is 12.5 Å². The molecule has 6 nitrogen and oxygen atoms in total. The van der Waals surface area contributed by atoms with Crippen LogP contribution in [0.2, 0.25) is 0 Å². The van der Waals surface area contributed by atoms with Gasteiger partial charge in [-0.05, 0) is 18.9 Å². The van der Waals surface area contributed by atoms with Crippen LogP contribution in [0.4, 0.5) is 0 Å². The fourth-order valence-corrected chi connectivity index (χ4v) is 2.53. The molecular weight excluding hydrogens is 260 g/mol. The minimum Gasteiger partial charge on any atom is -0.468 e. The van der Waals surface area contributed by atoms with Crippen molar-refractivity contribution in [2.45, 2.75) is 38.2 Å². The van der Waals surface area contributed by atoms with Gasteiger partial charge in [0.05, 0.1) is 18.4 Å². The van der Waals surface area contributed by atoms with Crippen LogP contribution in [0, 0.1) is 0 Å². The summed E-state index contributed by atoms with van der Waals surface area (Å²) in [5.41, 5.74) is 4.07. The number of furan rings is 1. The molecule has 1 saturated heterocycles. The number of likely N-dealkylation sites (tertiary alicyclic amines) is 1. The van der Waals surface area contributed by atoms with E-state index in [1.807, 2.05) is 13.8 Å². The van der Waals surface area contributed by atoms with Gasteiger partial charge >= 0.3 is 0 Å². The Morgan fingerprint density at radius 2 is 2.20 bits per heavy atom. The van der Waals surface area contributed by atoms with Crippen LogP contribution in [0.5, 0.6) is 0 Å². The lowest BCUT2D eigenvalue weighted by atomic mass is 9.91. The largest absolute Gasteiger partial charge is 0.468 e. The van der Waals surface area contributed by atoms with Crippen molar-refractivity contribution < 1.29 is 19.1 Å². The van der Waals surface area contributed by atoms with E-state index in [0.29, 0.717) is 24.3 Å².